The van der Waals surface area contributed by atoms with E-state index in [-0.39, 0.29) is 0 Å². The number of nitrogens with one attached hydrogen (secondary N) is 1. The lowest BCUT2D eigenvalue weighted by Gasteiger charge is -2.37. The molecule has 0 amide bonds. The van der Waals surface area contributed by atoms with E-state index in [4.69, 9.17) is 0 Å². The smallest absolute Gasteiger partial charge is 0.0234 e. The number of benzene rings is 1. The van der Waals surface area contributed by atoms with Gasteiger partial charge in [0.05, 0.1) is 0 Å². The number of hydrogen-bond acceptors (Lipinski definition) is 3. The monoisotopic (exact) mass is 285 g/mol. The van der Waals surface area contributed by atoms with Crippen molar-refractivity contribution < 1.29 is 0 Å². The maximum Gasteiger partial charge on any atom is 0.0234 e. The van der Waals surface area contributed by atoms with E-state index in [1.807, 2.05) is 0 Å². The van der Waals surface area contributed by atoms with E-state index in [2.05, 4.69) is 39.4 Å². The maximum atomic E-state index is 3.49. The lowest BCUT2D eigenvalue weighted by atomic mass is 10.1. The van der Waals surface area contributed by atoms with Gasteiger partial charge < -0.3 is 5.32 Å². The lowest BCUT2D eigenvalue weighted by Crippen LogP contribution is -2.50. The van der Waals surface area contributed by atoms with E-state index in [1.54, 1.807) is 5.56 Å². The van der Waals surface area contributed by atoms with Crippen LogP contribution in [-0.2, 0) is 6.54 Å². The fourth-order valence-corrected chi connectivity index (χ4v) is 3.86. The van der Waals surface area contributed by atoms with E-state index < -0.39 is 0 Å². The Morgan fingerprint density at radius 1 is 1.05 bits per heavy atom. The van der Waals surface area contributed by atoms with Crippen LogP contribution in [0.5, 0.6) is 0 Å². The molecule has 0 spiro atoms. The second kappa shape index (κ2) is 6.07. The minimum Gasteiger partial charge on any atom is -0.315 e. The summed E-state index contributed by atoms with van der Waals surface area (Å²) in [6.45, 7) is 8.48. The molecule has 1 atom stereocenters. The highest BCUT2D eigenvalue weighted by Gasteiger charge is 2.26. The van der Waals surface area contributed by atoms with Crippen molar-refractivity contribution in [2.75, 3.05) is 39.3 Å². The van der Waals surface area contributed by atoms with E-state index in [0.717, 1.165) is 18.5 Å². The zero-order valence-corrected chi connectivity index (χ0v) is 12.9. The normalized spacial score (nSPS) is 28.1. The van der Waals surface area contributed by atoms with Crippen molar-refractivity contribution in [1.29, 1.82) is 0 Å². The van der Waals surface area contributed by atoms with Crippen LogP contribution in [0.25, 0.3) is 0 Å². The summed E-state index contributed by atoms with van der Waals surface area (Å²) in [4.78, 5) is 5.32. The van der Waals surface area contributed by atoms with Gasteiger partial charge >= 0.3 is 0 Å². The molecule has 1 aliphatic carbocycles. The van der Waals surface area contributed by atoms with Gasteiger partial charge in [-0.05, 0) is 42.9 Å². The van der Waals surface area contributed by atoms with Gasteiger partial charge in [0.25, 0.3) is 0 Å². The van der Waals surface area contributed by atoms with Gasteiger partial charge in [-0.3, -0.25) is 9.80 Å². The molecule has 2 saturated heterocycles. The molecule has 0 bridgehead atoms. The van der Waals surface area contributed by atoms with Gasteiger partial charge in [-0.25, -0.2) is 0 Å². The number of rotatable bonds is 4. The summed E-state index contributed by atoms with van der Waals surface area (Å²) in [6.07, 6.45) is 4.14. The standard InChI is InChI=1S/C18H27N3/c1-2-15(12-17(3-1)16-4-5-16)14-20-8-10-21(11-9-20)18-6-7-19-13-18/h1-3,12,16,18-19H,4-11,13-14H2. The highest BCUT2D eigenvalue weighted by Crippen LogP contribution is 2.40. The summed E-state index contributed by atoms with van der Waals surface area (Å²) >= 11 is 0. The Labute approximate surface area is 128 Å². The minimum absolute atomic E-state index is 0.797. The van der Waals surface area contributed by atoms with Crippen LogP contribution in [0.15, 0.2) is 24.3 Å². The molecule has 0 aromatic heterocycles. The summed E-state index contributed by atoms with van der Waals surface area (Å²) < 4.78 is 0. The molecule has 1 N–H and O–H groups in total. The molecule has 1 aromatic rings. The van der Waals surface area contributed by atoms with E-state index in [1.165, 1.54) is 64.1 Å². The first kappa shape index (κ1) is 13.7. The molecule has 1 unspecified atom stereocenters. The third-order valence-electron chi connectivity index (χ3n) is 5.36. The first-order chi connectivity index (χ1) is 10.4. The van der Waals surface area contributed by atoms with Gasteiger partial charge in [-0.2, -0.15) is 0 Å². The summed E-state index contributed by atoms with van der Waals surface area (Å²) in [7, 11) is 0. The SMILES string of the molecule is c1cc(CN2CCN(C3CCNC3)CC2)cc(C2CC2)c1. The summed E-state index contributed by atoms with van der Waals surface area (Å²) in [5.74, 6) is 0.872. The quantitative estimate of drug-likeness (QED) is 0.913. The van der Waals surface area contributed by atoms with Crippen molar-refractivity contribution >= 4 is 0 Å². The van der Waals surface area contributed by atoms with Crippen molar-refractivity contribution in [3.63, 3.8) is 0 Å². The average molecular weight is 285 g/mol. The largest absolute Gasteiger partial charge is 0.315 e. The van der Waals surface area contributed by atoms with Gasteiger partial charge in [0.1, 0.15) is 0 Å². The van der Waals surface area contributed by atoms with E-state index >= 15 is 0 Å². The van der Waals surface area contributed by atoms with Crippen LogP contribution in [0.4, 0.5) is 0 Å². The van der Waals surface area contributed by atoms with Crippen molar-refractivity contribution in [2.24, 2.45) is 0 Å². The Morgan fingerprint density at radius 3 is 2.62 bits per heavy atom. The van der Waals surface area contributed by atoms with Crippen LogP contribution in [0.1, 0.15) is 36.3 Å². The van der Waals surface area contributed by atoms with Gasteiger partial charge in [0, 0.05) is 45.3 Å². The molecular formula is C18H27N3. The number of piperazine rings is 1. The molecule has 4 rings (SSSR count). The van der Waals surface area contributed by atoms with Crippen LogP contribution < -0.4 is 5.32 Å². The predicted octanol–water partition coefficient (Wildman–Crippen LogP) is 2.04. The zero-order chi connectivity index (χ0) is 14.1. The fraction of sp³-hybridized carbons (Fsp3) is 0.667. The van der Waals surface area contributed by atoms with Crippen molar-refractivity contribution in [3.05, 3.63) is 35.4 Å². The maximum absolute atomic E-state index is 3.49. The lowest BCUT2D eigenvalue weighted by molar-refractivity contribution is 0.0981. The second-order valence-electron chi connectivity index (χ2n) is 6.98. The second-order valence-corrected chi connectivity index (χ2v) is 6.98. The van der Waals surface area contributed by atoms with Crippen LogP contribution in [0.2, 0.25) is 0 Å². The molecule has 2 heterocycles. The highest BCUT2D eigenvalue weighted by molar-refractivity contribution is 5.29. The van der Waals surface area contributed by atoms with E-state index in [0.29, 0.717) is 0 Å². The minimum atomic E-state index is 0.797. The molecular weight excluding hydrogens is 258 g/mol. The van der Waals surface area contributed by atoms with Crippen LogP contribution in [0.3, 0.4) is 0 Å². The molecule has 3 nitrogen and oxygen atoms in total. The number of hydrogen-bond donors (Lipinski definition) is 1. The molecule has 0 radical (unpaired) electrons. The molecule has 21 heavy (non-hydrogen) atoms. The molecule has 2 aliphatic heterocycles. The first-order valence-electron chi connectivity index (χ1n) is 8.64. The third-order valence-corrected chi connectivity index (χ3v) is 5.36. The Bertz CT molecular complexity index is 469. The summed E-state index contributed by atoms with van der Waals surface area (Å²) in [5.41, 5.74) is 3.08. The van der Waals surface area contributed by atoms with Crippen LogP contribution in [-0.4, -0.2) is 55.1 Å². The van der Waals surface area contributed by atoms with Crippen LogP contribution >= 0.6 is 0 Å². The number of nitrogens with zero attached hydrogens (tertiary/aromatic N) is 2. The zero-order valence-electron chi connectivity index (χ0n) is 12.9. The molecule has 1 aromatic carbocycles. The van der Waals surface area contributed by atoms with E-state index in [9.17, 15) is 0 Å². The summed E-state index contributed by atoms with van der Waals surface area (Å²) in [5, 5.41) is 3.49. The topological polar surface area (TPSA) is 18.5 Å². The Hall–Kier alpha value is -0.900. The van der Waals surface area contributed by atoms with Gasteiger partial charge in [0.15, 0.2) is 0 Å². The molecule has 3 aliphatic rings. The molecule has 1 saturated carbocycles. The van der Waals surface area contributed by atoms with Crippen molar-refractivity contribution in [2.45, 2.75) is 37.8 Å². The fourth-order valence-electron chi connectivity index (χ4n) is 3.86. The summed E-state index contributed by atoms with van der Waals surface area (Å²) in [6, 6.07) is 10.1. The molecule has 3 heteroatoms. The average Bonchev–Trinajstić information content (AvgIpc) is 3.24. The molecule has 3 fully saturated rings. The Balaban J connectivity index is 1.31. The van der Waals surface area contributed by atoms with Gasteiger partial charge in [-0.15, -0.1) is 0 Å². The Kier molecular flexibility index (Phi) is 3.97. The first-order valence-corrected chi connectivity index (χ1v) is 8.64. The third kappa shape index (κ3) is 3.31. The van der Waals surface area contributed by atoms with Gasteiger partial charge in [0.2, 0.25) is 0 Å². The van der Waals surface area contributed by atoms with Crippen molar-refractivity contribution in [3.8, 4) is 0 Å². The highest BCUT2D eigenvalue weighted by atomic mass is 15.3. The Morgan fingerprint density at radius 2 is 1.90 bits per heavy atom. The van der Waals surface area contributed by atoms with Crippen molar-refractivity contribution in [1.82, 2.24) is 15.1 Å². The molecule has 114 valence electrons. The van der Waals surface area contributed by atoms with Crippen LogP contribution in [0, 0.1) is 0 Å². The van der Waals surface area contributed by atoms with Gasteiger partial charge in [-0.1, -0.05) is 24.3 Å². The predicted molar refractivity (Wildman–Crippen MR) is 86.5 cm³/mol.